The van der Waals surface area contributed by atoms with Crippen molar-refractivity contribution in [2.45, 2.75) is 40.0 Å². The molecule has 1 aliphatic rings. The SMILES string of the molecule is CCNC(=NCCCN1CCCN(C)CC1)NCCC(=O)N(CC)CC. The van der Waals surface area contributed by atoms with Crippen LogP contribution in [0.5, 0.6) is 0 Å². The summed E-state index contributed by atoms with van der Waals surface area (Å²) in [7, 11) is 2.20. The second-order valence-corrected chi connectivity index (χ2v) is 6.86. The van der Waals surface area contributed by atoms with E-state index in [-0.39, 0.29) is 5.91 Å². The van der Waals surface area contributed by atoms with Crippen molar-refractivity contribution < 1.29 is 4.79 Å². The maximum Gasteiger partial charge on any atom is 0.224 e. The van der Waals surface area contributed by atoms with Gasteiger partial charge in [0.2, 0.25) is 5.91 Å². The maximum atomic E-state index is 12.0. The zero-order valence-electron chi connectivity index (χ0n) is 17.4. The highest BCUT2D eigenvalue weighted by molar-refractivity contribution is 5.81. The molecule has 0 unspecified atom stereocenters. The van der Waals surface area contributed by atoms with Crippen molar-refractivity contribution in [3.63, 3.8) is 0 Å². The van der Waals surface area contributed by atoms with Crippen LogP contribution in [0.2, 0.25) is 0 Å². The van der Waals surface area contributed by atoms with Crippen LogP contribution in [0.25, 0.3) is 0 Å². The molecule has 0 atom stereocenters. The minimum absolute atomic E-state index is 0.199. The fourth-order valence-corrected chi connectivity index (χ4v) is 3.17. The smallest absolute Gasteiger partial charge is 0.224 e. The van der Waals surface area contributed by atoms with E-state index >= 15 is 0 Å². The molecule has 0 saturated carbocycles. The lowest BCUT2D eigenvalue weighted by atomic mass is 10.3. The third-order valence-corrected chi connectivity index (χ3v) is 4.81. The zero-order chi connectivity index (χ0) is 19.2. The number of nitrogens with one attached hydrogen (secondary N) is 2. The largest absolute Gasteiger partial charge is 0.357 e. The molecular formula is C19H40N6O. The van der Waals surface area contributed by atoms with Crippen molar-refractivity contribution in [3.05, 3.63) is 0 Å². The van der Waals surface area contributed by atoms with Crippen molar-refractivity contribution in [2.24, 2.45) is 4.99 Å². The number of hydrogen-bond donors (Lipinski definition) is 2. The van der Waals surface area contributed by atoms with E-state index in [0.29, 0.717) is 13.0 Å². The molecule has 0 aromatic heterocycles. The third kappa shape index (κ3) is 9.38. The van der Waals surface area contributed by atoms with Gasteiger partial charge in [-0.1, -0.05) is 0 Å². The molecule has 1 rings (SSSR count). The van der Waals surface area contributed by atoms with Gasteiger partial charge in [0.05, 0.1) is 0 Å². The first-order valence-electron chi connectivity index (χ1n) is 10.3. The minimum atomic E-state index is 0.199. The van der Waals surface area contributed by atoms with Crippen LogP contribution in [0.3, 0.4) is 0 Å². The van der Waals surface area contributed by atoms with Crippen molar-refractivity contribution in [1.82, 2.24) is 25.3 Å². The lowest BCUT2D eigenvalue weighted by Crippen LogP contribution is -2.40. The number of amides is 1. The molecule has 1 amide bonds. The van der Waals surface area contributed by atoms with Gasteiger partial charge in [-0.2, -0.15) is 0 Å². The van der Waals surface area contributed by atoms with E-state index in [1.165, 1.54) is 19.5 Å². The maximum absolute atomic E-state index is 12.0. The Morgan fingerprint density at radius 2 is 1.85 bits per heavy atom. The molecule has 1 aliphatic heterocycles. The number of guanidine groups is 1. The monoisotopic (exact) mass is 368 g/mol. The molecule has 7 heteroatoms. The summed E-state index contributed by atoms with van der Waals surface area (Å²) in [6.07, 6.45) is 2.83. The van der Waals surface area contributed by atoms with Gasteiger partial charge in [0.25, 0.3) is 0 Å². The summed E-state index contributed by atoms with van der Waals surface area (Å²) in [5.74, 6) is 1.01. The van der Waals surface area contributed by atoms with E-state index in [1.54, 1.807) is 0 Å². The molecule has 1 fully saturated rings. The number of carbonyl (C=O) groups excluding carboxylic acids is 1. The van der Waals surface area contributed by atoms with Crippen LogP contribution < -0.4 is 10.6 Å². The highest BCUT2D eigenvalue weighted by Gasteiger charge is 2.11. The molecule has 0 aromatic rings. The predicted octanol–water partition coefficient (Wildman–Crippen LogP) is 0.828. The summed E-state index contributed by atoms with van der Waals surface area (Å²) < 4.78 is 0. The average Bonchev–Trinajstić information content (AvgIpc) is 2.84. The first-order valence-corrected chi connectivity index (χ1v) is 10.3. The minimum Gasteiger partial charge on any atom is -0.357 e. The highest BCUT2D eigenvalue weighted by Crippen LogP contribution is 2.01. The van der Waals surface area contributed by atoms with E-state index in [2.05, 4.69) is 39.4 Å². The third-order valence-electron chi connectivity index (χ3n) is 4.81. The number of carbonyl (C=O) groups is 1. The van der Waals surface area contributed by atoms with E-state index in [9.17, 15) is 4.79 Å². The second kappa shape index (κ2) is 13.8. The highest BCUT2D eigenvalue weighted by atomic mass is 16.2. The molecule has 0 bridgehead atoms. The fourth-order valence-electron chi connectivity index (χ4n) is 3.17. The lowest BCUT2D eigenvalue weighted by molar-refractivity contribution is -0.130. The van der Waals surface area contributed by atoms with Crippen LogP contribution in [0.4, 0.5) is 0 Å². The first kappa shape index (κ1) is 22.7. The summed E-state index contributed by atoms with van der Waals surface area (Å²) in [6.45, 7) is 15.7. The van der Waals surface area contributed by atoms with Gasteiger partial charge < -0.3 is 25.3 Å². The average molecular weight is 369 g/mol. The standard InChI is InChI=1S/C19H40N6O/c1-5-20-19(22-12-10-18(26)25(6-2)7-3)21-11-8-14-24-15-9-13-23(4)16-17-24/h5-17H2,1-4H3,(H2,20,21,22). The molecule has 0 radical (unpaired) electrons. The number of hydrogen-bond acceptors (Lipinski definition) is 4. The van der Waals surface area contributed by atoms with Gasteiger partial charge in [-0.15, -0.1) is 0 Å². The van der Waals surface area contributed by atoms with Crippen molar-refractivity contribution in [1.29, 1.82) is 0 Å². The van der Waals surface area contributed by atoms with Gasteiger partial charge in [-0.05, 0) is 60.3 Å². The van der Waals surface area contributed by atoms with Crippen LogP contribution in [-0.2, 0) is 4.79 Å². The van der Waals surface area contributed by atoms with E-state index in [0.717, 1.165) is 58.2 Å². The summed E-state index contributed by atoms with van der Waals surface area (Å²) >= 11 is 0. The number of likely N-dealkylation sites (N-methyl/N-ethyl adjacent to an activating group) is 1. The van der Waals surface area contributed by atoms with Crippen molar-refractivity contribution >= 4 is 11.9 Å². The summed E-state index contributed by atoms with van der Waals surface area (Å²) in [5, 5.41) is 6.54. The van der Waals surface area contributed by atoms with Crippen LogP contribution in [0.1, 0.15) is 40.0 Å². The van der Waals surface area contributed by atoms with E-state index in [1.807, 2.05) is 18.7 Å². The number of rotatable bonds is 10. The Morgan fingerprint density at radius 1 is 1.08 bits per heavy atom. The van der Waals surface area contributed by atoms with Gasteiger partial charge in [0.1, 0.15) is 0 Å². The first-order chi connectivity index (χ1) is 12.6. The summed E-state index contributed by atoms with van der Waals surface area (Å²) in [4.78, 5) is 23.5. The van der Waals surface area contributed by atoms with E-state index < -0.39 is 0 Å². The van der Waals surface area contributed by atoms with Crippen molar-refractivity contribution in [2.75, 3.05) is 72.5 Å². The zero-order valence-corrected chi connectivity index (χ0v) is 17.4. The Hall–Kier alpha value is -1.34. The molecule has 7 nitrogen and oxygen atoms in total. The van der Waals surface area contributed by atoms with Gasteiger partial charge >= 0.3 is 0 Å². The Morgan fingerprint density at radius 3 is 2.54 bits per heavy atom. The quantitative estimate of drug-likeness (QED) is 0.340. The Kier molecular flexibility index (Phi) is 12.1. The molecule has 2 N–H and O–H groups in total. The number of nitrogens with zero attached hydrogens (tertiary/aromatic N) is 4. The lowest BCUT2D eigenvalue weighted by Gasteiger charge is -2.20. The molecule has 0 aliphatic carbocycles. The molecule has 1 heterocycles. The van der Waals surface area contributed by atoms with Gasteiger partial charge in [0, 0.05) is 52.2 Å². The van der Waals surface area contributed by atoms with Crippen molar-refractivity contribution in [3.8, 4) is 0 Å². The van der Waals surface area contributed by atoms with Crippen LogP contribution in [0.15, 0.2) is 4.99 Å². The van der Waals surface area contributed by atoms with E-state index in [4.69, 9.17) is 0 Å². The molecule has 26 heavy (non-hydrogen) atoms. The Bertz CT molecular complexity index is 411. The molecule has 0 aromatic carbocycles. The van der Waals surface area contributed by atoms with Crippen LogP contribution in [0, 0.1) is 0 Å². The van der Waals surface area contributed by atoms with Gasteiger partial charge in [0.15, 0.2) is 5.96 Å². The normalized spacial score (nSPS) is 17.0. The molecular weight excluding hydrogens is 328 g/mol. The molecule has 1 saturated heterocycles. The number of aliphatic imine (C=N–C) groups is 1. The topological polar surface area (TPSA) is 63.2 Å². The predicted molar refractivity (Wildman–Crippen MR) is 110 cm³/mol. The summed E-state index contributed by atoms with van der Waals surface area (Å²) in [6, 6.07) is 0. The Labute approximate surface area is 160 Å². The molecule has 152 valence electrons. The second-order valence-electron chi connectivity index (χ2n) is 6.86. The van der Waals surface area contributed by atoms with Crippen LogP contribution >= 0.6 is 0 Å². The van der Waals surface area contributed by atoms with Gasteiger partial charge in [-0.3, -0.25) is 9.79 Å². The summed E-state index contributed by atoms with van der Waals surface area (Å²) in [5.41, 5.74) is 0. The Balaban J connectivity index is 2.28. The molecule has 0 spiro atoms. The fraction of sp³-hybridized carbons (Fsp3) is 0.895. The van der Waals surface area contributed by atoms with Gasteiger partial charge in [-0.25, -0.2) is 0 Å². The van der Waals surface area contributed by atoms with Crippen LogP contribution in [-0.4, -0.2) is 99.1 Å².